The smallest absolute Gasteiger partial charge is 0.227 e. The Balaban J connectivity index is 1.28. The van der Waals surface area contributed by atoms with Gasteiger partial charge in [-0.1, -0.05) is 48.0 Å². The molecule has 0 aliphatic heterocycles. The molecule has 4 aromatic rings. The van der Waals surface area contributed by atoms with E-state index in [1.165, 1.54) is 11.9 Å². The minimum absolute atomic E-state index is 0.0962. The third-order valence-electron chi connectivity index (χ3n) is 4.80. The number of amides is 1. The Morgan fingerprint density at radius 2 is 1.59 bits per heavy atom. The molecule has 32 heavy (non-hydrogen) atoms. The highest BCUT2D eigenvalue weighted by molar-refractivity contribution is 5.91. The fourth-order valence-corrected chi connectivity index (χ4v) is 3.10. The fraction of sp³-hybridized carbons (Fsp3) is 0.115. The summed E-state index contributed by atoms with van der Waals surface area (Å²) in [6.45, 7) is 2.35. The number of hydrogen-bond donors (Lipinski definition) is 2. The number of aryl methyl sites for hydroxylation is 1. The summed E-state index contributed by atoms with van der Waals surface area (Å²) < 4.78 is 5.61. The third-order valence-corrected chi connectivity index (χ3v) is 4.80. The number of aromatic nitrogens is 2. The number of hydrogen-bond acceptors (Lipinski definition) is 5. The van der Waals surface area contributed by atoms with E-state index in [0.717, 1.165) is 28.4 Å². The zero-order valence-corrected chi connectivity index (χ0v) is 17.8. The Morgan fingerprint density at radius 3 is 2.34 bits per heavy atom. The van der Waals surface area contributed by atoms with Crippen LogP contribution in [0.5, 0.6) is 5.75 Å². The highest BCUT2D eigenvalue weighted by atomic mass is 16.5. The molecule has 0 bridgehead atoms. The van der Waals surface area contributed by atoms with Crippen molar-refractivity contribution in [2.75, 3.05) is 17.2 Å². The molecular formula is C26H24N4O2. The van der Waals surface area contributed by atoms with Gasteiger partial charge in [-0.25, -0.2) is 9.97 Å². The summed E-state index contributed by atoms with van der Waals surface area (Å²) in [5.74, 6) is 1.36. The van der Waals surface area contributed by atoms with E-state index in [-0.39, 0.29) is 12.3 Å². The average Bonchev–Trinajstić information content (AvgIpc) is 2.82. The molecule has 1 heterocycles. The van der Waals surface area contributed by atoms with Crippen molar-refractivity contribution in [2.45, 2.75) is 13.3 Å². The molecule has 160 valence electrons. The van der Waals surface area contributed by atoms with Gasteiger partial charge in [-0.05, 0) is 43.3 Å². The summed E-state index contributed by atoms with van der Waals surface area (Å²) in [7, 11) is 0. The van der Waals surface area contributed by atoms with Crippen LogP contribution >= 0.6 is 0 Å². The van der Waals surface area contributed by atoms with E-state index >= 15 is 0 Å². The molecule has 0 spiro atoms. The van der Waals surface area contributed by atoms with Crippen LogP contribution in [-0.4, -0.2) is 22.5 Å². The predicted molar refractivity (Wildman–Crippen MR) is 127 cm³/mol. The van der Waals surface area contributed by atoms with E-state index in [4.69, 9.17) is 4.74 Å². The SMILES string of the molecule is Cc1ccc(OCCC(=O)Nc2ccc(Nc3cc(-c4ccccc4)ncn3)cc2)cc1. The molecule has 0 aliphatic rings. The molecule has 1 amide bonds. The van der Waals surface area contributed by atoms with Gasteiger partial charge >= 0.3 is 0 Å². The number of anilines is 3. The van der Waals surface area contributed by atoms with E-state index in [0.29, 0.717) is 12.4 Å². The summed E-state index contributed by atoms with van der Waals surface area (Å²) in [4.78, 5) is 20.8. The minimum atomic E-state index is -0.0962. The zero-order valence-electron chi connectivity index (χ0n) is 17.8. The molecule has 0 radical (unpaired) electrons. The number of benzene rings is 3. The maximum Gasteiger partial charge on any atom is 0.227 e. The Morgan fingerprint density at radius 1 is 0.875 bits per heavy atom. The van der Waals surface area contributed by atoms with Crippen LogP contribution in [0.25, 0.3) is 11.3 Å². The predicted octanol–water partition coefficient (Wildman–Crippen LogP) is 5.60. The summed E-state index contributed by atoms with van der Waals surface area (Å²) in [5.41, 5.74) is 4.64. The van der Waals surface area contributed by atoms with E-state index in [2.05, 4.69) is 20.6 Å². The van der Waals surface area contributed by atoms with Gasteiger partial charge in [0.15, 0.2) is 0 Å². The van der Waals surface area contributed by atoms with Gasteiger partial charge in [-0.3, -0.25) is 4.79 Å². The molecule has 2 N–H and O–H groups in total. The minimum Gasteiger partial charge on any atom is -0.493 e. The highest BCUT2D eigenvalue weighted by Gasteiger charge is 2.05. The van der Waals surface area contributed by atoms with Crippen molar-refractivity contribution >= 4 is 23.1 Å². The van der Waals surface area contributed by atoms with Gasteiger partial charge in [0.1, 0.15) is 17.9 Å². The second-order valence-corrected chi connectivity index (χ2v) is 7.32. The van der Waals surface area contributed by atoms with Gasteiger partial charge in [0.25, 0.3) is 0 Å². The number of rotatable bonds is 8. The summed E-state index contributed by atoms with van der Waals surface area (Å²) in [5, 5.41) is 6.15. The van der Waals surface area contributed by atoms with Crippen LogP contribution in [0.15, 0.2) is 91.3 Å². The number of nitrogens with zero attached hydrogens (tertiary/aromatic N) is 2. The Hall–Kier alpha value is -4.19. The average molecular weight is 425 g/mol. The molecule has 0 aliphatic carbocycles. The first-order chi connectivity index (χ1) is 15.7. The first-order valence-electron chi connectivity index (χ1n) is 10.4. The largest absolute Gasteiger partial charge is 0.493 e. The lowest BCUT2D eigenvalue weighted by Crippen LogP contribution is -2.15. The first kappa shape index (κ1) is 21.1. The molecule has 1 aromatic heterocycles. The van der Waals surface area contributed by atoms with E-state index in [1.807, 2.05) is 91.9 Å². The van der Waals surface area contributed by atoms with Gasteiger partial charge < -0.3 is 15.4 Å². The van der Waals surface area contributed by atoms with Crippen LogP contribution in [0, 0.1) is 6.92 Å². The van der Waals surface area contributed by atoms with Crippen molar-refractivity contribution in [3.8, 4) is 17.0 Å². The molecular weight excluding hydrogens is 400 g/mol. The molecule has 0 saturated carbocycles. The van der Waals surface area contributed by atoms with Crippen molar-refractivity contribution in [3.05, 3.63) is 96.8 Å². The van der Waals surface area contributed by atoms with Gasteiger partial charge in [-0.15, -0.1) is 0 Å². The van der Waals surface area contributed by atoms with Crippen molar-refractivity contribution in [2.24, 2.45) is 0 Å². The molecule has 4 rings (SSSR count). The van der Waals surface area contributed by atoms with Gasteiger partial charge in [-0.2, -0.15) is 0 Å². The Kier molecular flexibility index (Phi) is 6.72. The van der Waals surface area contributed by atoms with Crippen LogP contribution in [0.2, 0.25) is 0 Å². The quantitative estimate of drug-likeness (QED) is 0.385. The summed E-state index contributed by atoms with van der Waals surface area (Å²) >= 11 is 0. The van der Waals surface area contributed by atoms with E-state index < -0.39 is 0 Å². The number of carbonyl (C=O) groups is 1. The second kappa shape index (κ2) is 10.2. The molecule has 0 atom stereocenters. The van der Waals surface area contributed by atoms with Crippen molar-refractivity contribution < 1.29 is 9.53 Å². The van der Waals surface area contributed by atoms with Crippen LogP contribution in [0.3, 0.4) is 0 Å². The van der Waals surface area contributed by atoms with Crippen LogP contribution in [-0.2, 0) is 4.79 Å². The fourth-order valence-electron chi connectivity index (χ4n) is 3.10. The van der Waals surface area contributed by atoms with Gasteiger partial charge in [0, 0.05) is 23.0 Å². The zero-order chi connectivity index (χ0) is 22.2. The molecule has 0 fully saturated rings. The lowest BCUT2D eigenvalue weighted by Gasteiger charge is -2.10. The standard InChI is InChI=1S/C26H24N4O2/c1-19-7-13-23(14-8-19)32-16-15-26(31)30-22-11-9-21(10-12-22)29-25-17-24(27-18-28-25)20-5-3-2-4-6-20/h2-14,17-18H,15-16H2,1H3,(H,30,31)(H,27,28,29). The normalized spacial score (nSPS) is 10.4. The molecule has 3 aromatic carbocycles. The van der Waals surface area contributed by atoms with Crippen molar-refractivity contribution in [1.29, 1.82) is 0 Å². The molecule has 0 saturated heterocycles. The number of carbonyl (C=O) groups excluding carboxylic acids is 1. The van der Waals surface area contributed by atoms with Gasteiger partial charge in [0.05, 0.1) is 18.7 Å². The number of nitrogens with one attached hydrogen (secondary N) is 2. The Labute approximate surface area is 187 Å². The van der Waals surface area contributed by atoms with Crippen molar-refractivity contribution in [1.82, 2.24) is 9.97 Å². The first-order valence-corrected chi connectivity index (χ1v) is 10.4. The van der Waals surface area contributed by atoms with Crippen LogP contribution < -0.4 is 15.4 Å². The molecule has 6 nitrogen and oxygen atoms in total. The summed E-state index contributed by atoms with van der Waals surface area (Å²) in [6.07, 6.45) is 1.81. The highest BCUT2D eigenvalue weighted by Crippen LogP contribution is 2.22. The van der Waals surface area contributed by atoms with Gasteiger partial charge in [0.2, 0.25) is 5.91 Å². The lowest BCUT2D eigenvalue weighted by molar-refractivity contribution is -0.116. The van der Waals surface area contributed by atoms with Crippen LogP contribution in [0.4, 0.5) is 17.2 Å². The molecule has 0 unspecified atom stereocenters. The maximum atomic E-state index is 12.2. The lowest BCUT2D eigenvalue weighted by atomic mass is 10.1. The topological polar surface area (TPSA) is 76.1 Å². The second-order valence-electron chi connectivity index (χ2n) is 7.32. The van der Waals surface area contributed by atoms with E-state index in [1.54, 1.807) is 0 Å². The summed E-state index contributed by atoms with van der Waals surface area (Å²) in [6, 6.07) is 27.1. The Bertz CT molecular complexity index is 1160. The number of ether oxygens (including phenoxy) is 1. The third kappa shape index (κ3) is 5.92. The monoisotopic (exact) mass is 424 g/mol. The van der Waals surface area contributed by atoms with Crippen LogP contribution in [0.1, 0.15) is 12.0 Å². The van der Waals surface area contributed by atoms with Crippen molar-refractivity contribution in [3.63, 3.8) is 0 Å². The molecule has 6 heteroatoms. The maximum absolute atomic E-state index is 12.2. The van der Waals surface area contributed by atoms with E-state index in [9.17, 15) is 4.79 Å².